The number of nitrogens with one attached hydrogen (secondary N) is 1. The Morgan fingerprint density at radius 2 is 1.53 bits per heavy atom. The molecule has 0 aliphatic heterocycles. The fraction of sp³-hybridized carbons (Fsp3) is 0.273. The number of hydrogen-bond acceptors (Lipinski definition) is 4. The highest BCUT2D eigenvalue weighted by Gasteiger charge is 2.33. The summed E-state index contributed by atoms with van der Waals surface area (Å²) in [6.07, 6.45) is 2.00. The van der Waals surface area contributed by atoms with Crippen molar-refractivity contribution in [3.8, 4) is 0 Å². The molecule has 2 atom stereocenters. The number of carbonyl (C=O) groups excluding carboxylic acids is 2. The summed E-state index contributed by atoms with van der Waals surface area (Å²) in [4.78, 5) is 29.6. The van der Waals surface area contributed by atoms with Gasteiger partial charge in [0.25, 0.3) is 0 Å². The topological polar surface area (TPSA) is 86.8 Å². The first-order valence-corrected chi connectivity index (χ1v) is 16.6. The van der Waals surface area contributed by atoms with Gasteiger partial charge in [0.05, 0.1) is 22.0 Å². The summed E-state index contributed by atoms with van der Waals surface area (Å²) in [5.74, 6) is -0.868. The number of benzene rings is 4. The first-order chi connectivity index (χ1) is 20.5. The van der Waals surface area contributed by atoms with Gasteiger partial charge in [0.15, 0.2) is 0 Å². The van der Waals surface area contributed by atoms with Crippen LogP contribution in [-0.4, -0.2) is 50.0 Å². The molecule has 4 aromatic carbocycles. The fourth-order valence-corrected chi connectivity index (χ4v) is 6.03. The molecule has 2 unspecified atom stereocenters. The van der Waals surface area contributed by atoms with E-state index in [9.17, 15) is 18.0 Å². The molecule has 0 saturated heterocycles. The van der Waals surface area contributed by atoms with Gasteiger partial charge in [0.1, 0.15) is 12.6 Å². The van der Waals surface area contributed by atoms with Gasteiger partial charge in [-0.1, -0.05) is 103 Å². The molecule has 4 rings (SSSR count). The van der Waals surface area contributed by atoms with Gasteiger partial charge in [-0.15, -0.1) is 0 Å². The highest BCUT2D eigenvalue weighted by atomic mass is 35.5. The zero-order valence-corrected chi connectivity index (χ0v) is 26.7. The largest absolute Gasteiger partial charge is 0.352 e. The number of nitrogens with zero attached hydrogens (tertiary/aromatic N) is 2. The van der Waals surface area contributed by atoms with Crippen LogP contribution in [-0.2, 0) is 32.6 Å². The Labute approximate surface area is 263 Å². The van der Waals surface area contributed by atoms with E-state index < -0.39 is 28.5 Å². The molecular formula is C33H35Cl2N3O4S. The molecule has 10 heteroatoms. The second kappa shape index (κ2) is 14.3. The molecule has 0 bridgehead atoms. The van der Waals surface area contributed by atoms with Crippen molar-refractivity contribution in [3.63, 3.8) is 0 Å². The molecular weight excluding hydrogens is 605 g/mol. The third-order valence-corrected chi connectivity index (χ3v) is 9.19. The lowest BCUT2D eigenvalue weighted by Crippen LogP contribution is -2.54. The molecule has 7 nitrogen and oxygen atoms in total. The van der Waals surface area contributed by atoms with Crippen molar-refractivity contribution >= 4 is 61.5 Å². The fourth-order valence-electron chi connectivity index (χ4n) is 4.85. The molecule has 2 amide bonds. The van der Waals surface area contributed by atoms with Crippen molar-refractivity contribution in [1.82, 2.24) is 10.2 Å². The van der Waals surface area contributed by atoms with Crippen LogP contribution in [0.3, 0.4) is 0 Å². The third kappa shape index (κ3) is 8.28. The van der Waals surface area contributed by atoms with Crippen LogP contribution in [0.15, 0.2) is 91.0 Å². The average Bonchev–Trinajstić information content (AvgIpc) is 2.99. The molecule has 4 aromatic rings. The Morgan fingerprint density at radius 3 is 2.21 bits per heavy atom. The van der Waals surface area contributed by atoms with Gasteiger partial charge in [-0.25, -0.2) is 8.42 Å². The van der Waals surface area contributed by atoms with Gasteiger partial charge >= 0.3 is 0 Å². The van der Waals surface area contributed by atoms with Gasteiger partial charge in [-0.3, -0.25) is 13.9 Å². The number of anilines is 1. The van der Waals surface area contributed by atoms with E-state index in [4.69, 9.17) is 23.2 Å². The molecule has 0 heterocycles. The number of carbonyl (C=O) groups is 2. The SMILES string of the molecule is CCC(C)NC(=O)C(Cc1ccccc1)N(Cc1ccc(Cl)c(Cl)c1)C(=O)CN(c1cccc2ccccc12)S(C)(=O)=O. The molecule has 0 aromatic heterocycles. The standard InChI is InChI=1S/C33H35Cl2N3O4S/c1-4-23(2)36-33(40)31(20-24-11-6-5-7-12-24)37(21-25-17-18-28(34)29(35)19-25)32(39)22-38(43(3,41)42)30-16-10-14-26-13-8-9-15-27(26)30/h5-19,23,31H,4,20-22H2,1-3H3,(H,36,40). The van der Waals surface area contributed by atoms with Crippen LogP contribution < -0.4 is 9.62 Å². The normalized spacial score (nSPS) is 12.9. The lowest BCUT2D eigenvalue weighted by Gasteiger charge is -2.34. The van der Waals surface area contributed by atoms with Crippen LogP contribution in [0.1, 0.15) is 31.4 Å². The Bertz CT molecular complexity index is 1690. The van der Waals surface area contributed by atoms with E-state index in [-0.39, 0.29) is 24.9 Å². The van der Waals surface area contributed by atoms with Crippen LogP contribution in [0.2, 0.25) is 10.0 Å². The van der Waals surface area contributed by atoms with E-state index in [1.807, 2.05) is 74.5 Å². The van der Waals surface area contributed by atoms with E-state index in [0.29, 0.717) is 33.1 Å². The summed E-state index contributed by atoms with van der Waals surface area (Å²) in [7, 11) is -3.90. The second-order valence-electron chi connectivity index (χ2n) is 10.6. The Hall–Kier alpha value is -3.59. The maximum absolute atomic E-state index is 14.3. The molecule has 1 N–H and O–H groups in total. The van der Waals surface area contributed by atoms with Gasteiger partial charge in [0, 0.05) is 24.4 Å². The van der Waals surface area contributed by atoms with Crippen LogP contribution in [0, 0.1) is 0 Å². The molecule has 0 aliphatic rings. The van der Waals surface area contributed by atoms with Crippen molar-refractivity contribution in [2.45, 2.75) is 45.3 Å². The summed E-state index contributed by atoms with van der Waals surface area (Å²) in [5, 5.41) is 5.21. The minimum absolute atomic E-state index is 0.00822. The van der Waals surface area contributed by atoms with Crippen LogP contribution >= 0.6 is 23.2 Å². The predicted molar refractivity (Wildman–Crippen MR) is 175 cm³/mol. The lowest BCUT2D eigenvalue weighted by molar-refractivity contribution is -0.140. The number of amides is 2. The number of hydrogen-bond donors (Lipinski definition) is 1. The quantitative estimate of drug-likeness (QED) is 0.193. The monoisotopic (exact) mass is 639 g/mol. The van der Waals surface area contributed by atoms with Crippen molar-refractivity contribution in [1.29, 1.82) is 0 Å². The smallest absolute Gasteiger partial charge is 0.244 e. The maximum Gasteiger partial charge on any atom is 0.244 e. The van der Waals surface area contributed by atoms with Crippen molar-refractivity contribution in [3.05, 3.63) is 112 Å². The van der Waals surface area contributed by atoms with E-state index in [1.165, 1.54) is 4.90 Å². The highest BCUT2D eigenvalue weighted by Crippen LogP contribution is 2.29. The van der Waals surface area contributed by atoms with E-state index in [2.05, 4.69) is 5.32 Å². The molecule has 0 fully saturated rings. The summed E-state index contributed by atoms with van der Waals surface area (Å²) in [6, 6.07) is 26.1. The number of rotatable bonds is 12. The first kappa shape index (κ1) is 32.3. The Kier molecular flexibility index (Phi) is 10.7. The lowest BCUT2D eigenvalue weighted by atomic mass is 10.0. The summed E-state index contributed by atoms with van der Waals surface area (Å²) >= 11 is 12.5. The number of halogens is 2. The van der Waals surface area contributed by atoms with Crippen LogP contribution in [0.4, 0.5) is 5.69 Å². The van der Waals surface area contributed by atoms with E-state index in [1.54, 1.807) is 30.3 Å². The summed E-state index contributed by atoms with van der Waals surface area (Å²) in [6.45, 7) is 3.36. The minimum Gasteiger partial charge on any atom is -0.352 e. The van der Waals surface area contributed by atoms with Gasteiger partial charge in [-0.05, 0) is 48.1 Å². The molecule has 43 heavy (non-hydrogen) atoms. The van der Waals surface area contributed by atoms with E-state index >= 15 is 0 Å². The first-order valence-electron chi connectivity index (χ1n) is 14.0. The number of sulfonamides is 1. The zero-order chi connectivity index (χ0) is 31.1. The molecule has 0 saturated carbocycles. The highest BCUT2D eigenvalue weighted by molar-refractivity contribution is 7.92. The molecule has 226 valence electrons. The Morgan fingerprint density at radius 1 is 0.860 bits per heavy atom. The maximum atomic E-state index is 14.3. The van der Waals surface area contributed by atoms with Gasteiger partial charge in [0.2, 0.25) is 21.8 Å². The van der Waals surface area contributed by atoms with Crippen molar-refractivity contribution in [2.75, 3.05) is 17.1 Å². The predicted octanol–water partition coefficient (Wildman–Crippen LogP) is 6.47. The summed E-state index contributed by atoms with van der Waals surface area (Å²) in [5.41, 5.74) is 1.88. The van der Waals surface area contributed by atoms with Crippen LogP contribution in [0.5, 0.6) is 0 Å². The molecule has 0 radical (unpaired) electrons. The minimum atomic E-state index is -3.90. The zero-order valence-electron chi connectivity index (χ0n) is 24.3. The molecule has 0 spiro atoms. The van der Waals surface area contributed by atoms with E-state index in [0.717, 1.165) is 21.5 Å². The molecule has 0 aliphatic carbocycles. The number of fused-ring (bicyclic) bond motifs is 1. The second-order valence-corrected chi connectivity index (χ2v) is 13.3. The Balaban J connectivity index is 1.80. The van der Waals surface area contributed by atoms with Crippen LogP contribution in [0.25, 0.3) is 10.8 Å². The van der Waals surface area contributed by atoms with Gasteiger partial charge < -0.3 is 10.2 Å². The average molecular weight is 641 g/mol. The van der Waals surface area contributed by atoms with Crippen molar-refractivity contribution < 1.29 is 18.0 Å². The third-order valence-electron chi connectivity index (χ3n) is 7.32. The summed E-state index contributed by atoms with van der Waals surface area (Å²) < 4.78 is 27.5. The van der Waals surface area contributed by atoms with Gasteiger partial charge in [-0.2, -0.15) is 0 Å². The van der Waals surface area contributed by atoms with Crippen molar-refractivity contribution in [2.24, 2.45) is 0 Å².